The summed E-state index contributed by atoms with van der Waals surface area (Å²) in [6.07, 6.45) is 0.788. The number of rotatable bonds is 6. The maximum Gasteiger partial charge on any atom is 0.309 e. The molecule has 0 heterocycles. The Hall–Kier alpha value is -2.64. The first-order valence-electron chi connectivity index (χ1n) is 6.71. The largest absolute Gasteiger partial charge is 0.494 e. The molecule has 0 aliphatic heterocycles. The molecule has 1 saturated carbocycles. The first-order chi connectivity index (χ1) is 10.4. The van der Waals surface area contributed by atoms with Crippen LogP contribution in [0.5, 0.6) is 5.75 Å². The van der Waals surface area contributed by atoms with Crippen LogP contribution in [-0.4, -0.2) is 30.5 Å². The number of methoxy groups -OCH3 is 1. The molecular formula is C14H16N2O6. The third-order valence-corrected chi connectivity index (χ3v) is 3.43. The Morgan fingerprint density at radius 2 is 2.14 bits per heavy atom. The van der Waals surface area contributed by atoms with Crippen LogP contribution in [0, 0.1) is 22.0 Å². The molecule has 1 aromatic carbocycles. The number of carbonyl (C=O) groups is 2. The molecule has 1 aromatic rings. The van der Waals surface area contributed by atoms with Crippen molar-refractivity contribution < 1.29 is 24.0 Å². The Morgan fingerprint density at radius 3 is 2.68 bits per heavy atom. The smallest absolute Gasteiger partial charge is 0.309 e. The molecule has 1 amide bonds. The summed E-state index contributed by atoms with van der Waals surface area (Å²) in [5.41, 5.74) is 0.123. The standard InChI is InChI=1S/C14H16N2O6/c1-8-5-10(8)14(18)22-7-13(17)15-11-4-3-9(16(19)20)6-12(11)21-2/h3-4,6,8,10H,5,7H2,1-2H3,(H,15,17)/t8-,10-/m0/s1. The molecule has 2 rings (SSSR count). The van der Waals surface area contributed by atoms with Crippen LogP contribution in [0.4, 0.5) is 11.4 Å². The van der Waals surface area contributed by atoms with Gasteiger partial charge in [0, 0.05) is 6.07 Å². The molecule has 8 nitrogen and oxygen atoms in total. The molecule has 0 spiro atoms. The predicted octanol–water partition coefficient (Wildman–Crippen LogP) is 1.74. The molecule has 8 heteroatoms. The number of ether oxygens (including phenoxy) is 2. The number of nitrogens with one attached hydrogen (secondary N) is 1. The van der Waals surface area contributed by atoms with E-state index in [-0.39, 0.29) is 29.0 Å². The van der Waals surface area contributed by atoms with Gasteiger partial charge in [-0.25, -0.2) is 0 Å². The second-order valence-corrected chi connectivity index (χ2v) is 5.12. The van der Waals surface area contributed by atoms with Crippen molar-refractivity contribution in [2.75, 3.05) is 19.0 Å². The fourth-order valence-corrected chi connectivity index (χ4v) is 1.98. The second kappa shape index (κ2) is 6.42. The molecule has 1 fully saturated rings. The number of hydrogen-bond acceptors (Lipinski definition) is 6. The van der Waals surface area contributed by atoms with Crippen LogP contribution in [0.3, 0.4) is 0 Å². The van der Waals surface area contributed by atoms with Gasteiger partial charge in [0.1, 0.15) is 5.75 Å². The quantitative estimate of drug-likeness (QED) is 0.487. The highest BCUT2D eigenvalue weighted by atomic mass is 16.6. The molecule has 2 atom stereocenters. The van der Waals surface area contributed by atoms with Crippen molar-refractivity contribution in [3.63, 3.8) is 0 Å². The van der Waals surface area contributed by atoms with E-state index in [9.17, 15) is 19.7 Å². The van der Waals surface area contributed by atoms with Gasteiger partial charge in [0.15, 0.2) is 6.61 Å². The van der Waals surface area contributed by atoms with E-state index >= 15 is 0 Å². The zero-order valence-electron chi connectivity index (χ0n) is 12.2. The molecule has 118 valence electrons. The Kier molecular flexibility index (Phi) is 4.59. The third kappa shape index (κ3) is 3.72. The van der Waals surface area contributed by atoms with E-state index in [1.165, 1.54) is 25.3 Å². The van der Waals surface area contributed by atoms with Gasteiger partial charge in [-0.05, 0) is 18.4 Å². The molecule has 1 aliphatic rings. The Bertz CT molecular complexity index is 615. The van der Waals surface area contributed by atoms with Gasteiger partial charge in [0.05, 0.1) is 29.7 Å². The van der Waals surface area contributed by atoms with Gasteiger partial charge < -0.3 is 14.8 Å². The lowest BCUT2D eigenvalue weighted by molar-refractivity contribution is -0.384. The second-order valence-electron chi connectivity index (χ2n) is 5.12. The molecular weight excluding hydrogens is 292 g/mol. The van der Waals surface area contributed by atoms with Crippen molar-refractivity contribution in [1.29, 1.82) is 0 Å². The van der Waals surface area contributed by atoms with E-state index in [4.69, 9.17) is 9.47 Å². The van der Waals surface area contributed by atoms with E-state index in [2.05, 4.69) is 5.32 Å². The van der Waals surface area contributed by atoms with Gasteiger partial charge in [-0.1, -0.05) is 6.92 Å². The van der Waals surface area contributed by atoms with Crippen LogP contribution in [0.1, 0.15) is 13.3 Å². The maximum absolute atomic E-state index is 11.8. The van der Waals surface area contributed by atoms with Crippen LogP contribution < -0.4 is 10.1 Å². The molecule has 1 N–H and O–H groups in total. The number of carbonyl (C=O) groups excluding carboxylic acids is 2. The third-order valence-electron chi connectivity index (χ3n) is 3.43. The van der Waals surface area contributed by atoms with Gasteiger partial charge in [0.25, 0.3) is 11.6 Å². The summed E-state index contributed by atoms with van der Waals surface area (Å²) in [4.78, 5) is 33.4. The summed E-state index contributed by atoms with van der Waals surface area (Å²) in [6.45, 7) is 1.54. The minimum Gasteiger partial charge on any atom is -0.494 e. The van der Waals surface area contributed by atoms with Crippen molar-refractivity contribution in [3.8, 4) is 5.75 Å². The van der Waals surface area contributed by atoms with Gasteiger partial charge in [-0.15, -0.1) is 0 Å². The van der Waals surface area contributed by atoms with Crippen LogP contribution in [-0.2, 0) is 14.3 Å². The molecule has 1 aliphatic carbocycles. The van der Waals surface area contributed by atoms with E-state index in [1.807, 2.05) is 6.92 Å². The number of hydrogen-bond donors (Lipinski definition) is 1. The first kappa shape index (κ1) is 15.7. The minimum atomic E-state index is -0.563. The SMILES string of the molecule is COc1cc([N+](=O)[O-])ccc1NC(=O)COC(=O)[C@H]1C[C@@H]1C. The molecule has 0 radical (unpaired) electrons. The van der Waals surface area contributed by atoms with Crippen molar-refractivity contribution in [2.24, 2.45) is 11.8 Å². The number of esters is 1. The summed E-state index contributed by atoms with van der Waals surface area (Å²) in [7, 11) is 1.34. The van der Waals surface area contributed by atoms with Gasteiger partial charge in [0.2, 0.25) is 0 Å². The maximum atomic E-state index is 11.8. The predicted molar refractivity (Wildman–Crippen MR) is 76.5 cm³/mol. The number of nitro groups is 1. The average molecular weight is 308 g/mol. The highest BCUT2D eigenvalue weighted by molar-refractivity contribution is 5.94. The normalized spacial score (nSPS) is 19.2. The van der Waals surface area contributed by atoms with E-state index in [0.29, 0.717) is 5.92 Å². The molecule has 0 unspecified atom stereocenters. The summed E-state index contributed by atoms with van der Waals surface area (Å²) in [6, 6.07) is 3.81. The lowest BCUT2D eigenvalue weighted by atomic mass is 10.2. The number of non-ortho nitro benzene ring substituents is 1. The molecule has 0 saturated heterocycles. The lowest BCUT2D eigenvalue weighted by Gasteiger charge is -2.10. The number of nitro benzene ring substituents is 1. The minimum absolute atomic E-state index is 0.110. The first-order valence-corrected chi connectivity index (χ1v) is 6.71. The van der Waals surface area contributed by atoms with Crippen molar-refractivity contribution in [1.82, 2.24) is 0 Å². The zero-order chi connectivity index (χ0) is 16.3. The summed E-state index contributed by atoms with van der Waals surface area (Å²) in [5.74, 6) is -0.552. The zero-order valence-corrected chi connectivity index (χ0v) is 12.2. The van der Waals surface area contributed by atoms with Gasteiger partial charge in [-0.2, -0.15) is 0 Å². The average Bonchev–Trinajstić information content (AvgIpc) is 3.22. The van der Waals surface area contributed by atoms with Crippen molar-refractivity contribution in [3.05, 3.63) is 28.3 Å². The van der Waals surface area contributed by atoms with Gasteiger partial charge in [-0.3, -0.25) is 19.7 Å². The van der Waals surface area contributed by atoms with E-state index in [1.54, 1.807) is 0 Å². The Labute approximate surface area is 126 Å². The van der Waals surface area contributed by atoms with Crippen molar-refractivity contribution in [2.45, 2.75) is 13.3 Å². The summed E-state index contributed by atoms with van der Waals surface area (Å²) >= 11 is 0. The van der Waals surface area contributed by atoms with Gasteiger partial charge >= 0.3 is 5.97 Å². The fraction of sp³-hybridized carbons (Fsp3) is 0.429. The highest BCUT2D eigenvalue weighted by Crippen LogP contribution is 2.38. The summed E-state index contributed by atoms with van der Waals surface area (Å²) in [5, 5.41) is 13.2. The van der Waals surface area contributed by atoms with Crippen molar-refractivity contribution >= 4 is 23.3 Å². The van der Waals surface area contributed by atoms with Crippen LogP contribution in [0.15, 0.2) is 18.2 Å². The molecule has 22 heavy (non-hydrogen) atoms. The molecule has 0 bridgehead atoms. The fourth-order valence-electron chi connectivity index (χ4n) is 1.98. The number of benzene rings is 1. The monoisotopic (exact) mass is 308 g/mol. The lowest BCUT2D eigenvalue weighted by Crippen LogP contribution is -2.22. The number of anilines is 1. The summed E-state index contributed by atoms with van der Waals surface area (Å²) < 4.78 is 9.90. The van der Waals surface area contributed by atoms with E-state index < -0.39 is 17.4 Å². The number of nitrogens with zero attached hydrogens (tertiary/aromatic N) is 1. The molecule has 0 aromatic heterocycles. The highest BCUT2D eigenvalue weighted by Gasteiger charge is 2.40. The Balaban J connectivity index is 1.93. The van der Waals surface area contributed by atoms with Crippen LogP contribution in [0.25, 0.3) is 0 Å². The van der Waals surface area contributed by atoms with Crippen LogP contribution >= 0.6 is 0 Å². The van der Waals surface area contributed by atoms with Crippen LogP contribution in [0.2, 0.25) is 0 Å². The van der Waals surface area contributed by atoms with E-state index in [0.717, 1.165) is 6.42 Å². The number of amides is 1. The Morgan fingerprint density at radius 1 is 1.45 bits per heavy atom. The topological polar surface area (TPSA) is 108 Å².